The van der Waals surface area contributed by atoms with E-state index in [0.717, 1.165) is 5.39 Å². The molecule has 23 heavy (non-hydrogen) atoms. The molecule has 8 heteroatoms. The number of hydrogen-bond acceptors (Lipinski definition) is 1. The summed E-state index contributed by atoms with van der Waals surface area (Å²) in [6, 6.07) is 8.42. The van der Waals surface area contributed by atoms with Crippen molar-refractivity contribution in [2.24, 2.45) is 4.99 Å². The van der Waals surface area contributed by atoms with Crippen molar-refractivity contribution in [3.63, 3.8) is 0 Å². The van der Waals surface area contributed by atoms with Gasteiger partial charge in [-0.05, 0) is 10.9 Å². The fourth-order valence-corrected chi connectivity index (χ4v) is 1.95. The molecule has 0 aliphatic heterocycles. The van der Waals surface area contributed by atoms with Gasteiger partial charge in [0.15, 0.2) is 11.6 Å². The molecule has 0 saturated carbocycles. The van der Waals surface area contributed by atoms with Crippen LogP contribution >= 0.6 is 18.6 Å². The maximum absolute atomic E-state index is 13.5. The minimum atomic E-state index is -1.04. The van der Waals surface area contributed by atoms with Crippen LogP contribution in [-0.4, -0.2) is 6.21 Å². The van der Waals surface area contributed by atoms with E-state index >= 15 is 0 Å². The van der Waals surface area contributed by atoms with Crippen molar-refractivity contribution in [3.8, 4) is 0 Å². The predicted molar refractivity (Wildman–Crippen MR) is 82.5 cm³/mol. The molecule has 0 bridgehead atoms. The van der Waals surface area contributed by atoms with E-state index < -0.39 is 40.2 Å². The van der Waals surface area contributed by atoms with E-state index in [1.807, 2.05) is 12.1 Å². The average Bonchev–Trinajstić information content (AvgIpc) is 2.96. The van der Waals surface area contributed by atoms with Gasteiger partial charge in [-0.2, -0.15) is 6.20 Å². The first-order valence-electron chi connectivity index (χ1n) is 6.22. The van der Waals surface area contributed by atoms with Crippen molar-refractivity contribution in [3.05, 3.63) is 65.6 Å². The zero-order valence-electron chi connectivity index (χ0n) is 11.4. The topological polar surface area (TPSA) is 26.5 Å². The molecular weight excluding hydrogens is 384 g/mol. The molecule has 118 valence electrons. The van der Waals surface area contributed by atoms with Gasteiger partial charge in [-0.3, -0.25) is 4.99 Å². The Kier molecular flexibility index (Phi) is 6.72. The first kappa shape index (κ1) is 18.1. The fourth-order valence-electron chi connectivity index (χ4n) is 1.95. The number of aliphatic imine (C=N–C) groups is 1. The molecular formula is C15H8Cl2F3N2Ti-. The Morgan fingerprint density at radius 1 is 1.04 bits per heavy atom. The van der Waals surface area contributed by atoms with E-state index in [1.165, 1.54) is 6.21 Å². The van der Waals surface area contributed by atoms with Crippen LogP contribution in [0.25, 0.3) is 10.9 Å². The van der Waals surface area contributed by atoms with E-state index in [-0.39, 0.29) is 0 Å². The van der Waals surface area contributed by atoms with Crippen LogP contribution in [0.4, 0.5) is 18.9 Å². The van der Waals surface area contributed by atoms with Crippen LogP contribution in [0.2, 0.25) is 0 Å². The summed E-state index contributed by atoms with van der Waals surface area (Å²) in [5, 5.41) is 0.911. The zero-order chi connectivity index (χ0) is 16.8. The standard InChI is InChI=1S/C15H8F3N2.2ClH.Ti/c16-11-6-12(17)15(13(18)7-11)20-8-10-3-1-2-9-4-5-19-14(9)10;;;/h1-8H;2*1H;/q-1;;;+2/p-2. The van der Waals surface area contributed by atoms with Crippen LogP contribution in [0.15, 0.2) is 47.6 Å². The molecule has 3 aromatic rings. The predicted octanol–water partition coefficient (Wildman–Crippen LogP) is 5.34. The average molecular weight is 392 g/mol. The van der Waals surface area contributed by atoms with E-state index in [1.54, 1.807) is 18.3 Å². The number of para-hydroxylation sites is 1. The Hall–Kier alpha value is -1.27. The van der Waals surface area contributed by atoms with Gasteiger partial charge >= 0.3 is 35.6 Å². The molecule has 0 fully saturated rings. The molecule has 2 nitrogen and oxygen atoms in total. The normalized spacial score (nSPS) is 10.7. The molecule has 0 unspecified atom stereocenters. The van der Waals surface area contributed by atoms with E-state index in [2.05, 4.69) is 9.98 Å². The number of aromatic nitrogens is 1. The van der Waals surface area contributed by atoms with Gasteiger partial charge in [-0.15, -0.1) is 5.52 Å². The summed E-state index contributed by atoms with van der Waals surface area (Å²) in [6.45, 7) is 0. The third kappa shape index (κ3) is 4.61. The molecule has 0 radical (unpaired) electrons. The van der Waals surface area contributed by atoms with Gasteiger partial charge < -0.3 is 4.98 Å². The molecule has 3 rings (SSSR count). The summed E-state index contributed by atoms with van der Waals surface area (Å²) in [4.78, 5) is 7.92. The summed E-state index contributed by atoms with van der Waals surface area (Å²) < 4.78 is 39.7. The van der Waals surface area contributed by atoms with Crippen molar-refractivity contribution in [2.75, 3.05) is 0 Å². The molecule has 1 aromatic heterocycles. The van der Waals surface area contributed by atoms with Crippen LogP contribution < -0.4 is 4.98 Å². The van der Waals surface area contributed by atoms with Crippen molar-refractivity contribution >= 4 is 41.4 Å². The van der Waals surface area contributed by atoms with Crippen LogP contribution in [0.3, 0.4) is 0 Å². The van der Waals surface area contributed by atoms with Crippen LogP contribution in [0.1, 0.15) is 5.56 Å². The summed E-state index contributed by atoms with van der Waals surface area (Å²) >= 11 is -0.556. The maximum atomic E-state index is 13.5. The number of nitrogens with zero attached hydrogens (tertiary/aromatic N) is 2. The monoisotopic (exact) mass is 391 g/mol. The van der Waals surface area contributed by atoms with Crippen molar-refractivity contribution in [1.29, 1.82) is 0 Å². The summed E-state index contributed by atoms with van der Waals surface area (Å²) in [5.41, 5.74) is 0.810. The van der Waals surface area contributed by atoms with Crippen molar-refractivity contribution in [2.45, 2.75) is 0 Å². The van der Waals surface area contributed by atoms with Crippen LogP contribution in [0, 0.1) is 17.5 Å². The van der Waals surface area contributed by atoms with Crippen LogP contribution in [-0.2, 0) is 17.0 Å². The first-order valence-corrected chi connectivity index (χ1v) is 10.5. The SMILES string of the molecule is Fc1cc(F)c(N=Cc2cccc3cc[n-]c23)c(F)c1.[Cl][Ti][Cl]. The molecule has 0 saturated heterocycles. The van der Waals surface area contributed by atoms with Gasteiger partial charge in [0.1, 0.15) is 11.5 Å². The van der Waals surface area contributed by atoms with Crippen LogP contribution in [0.5, 0.6) is 0 Å². The second-order valence-electron chi connectivity index (χ2n) is 4.28. The Bertz CT molecular complexity index is 813. The van der Waals surface area contributed by atoms with Gasteiger partial charge in [0, 0.05) is 18.3 Å². The Labute approximate surface area is 147 Å². The molecule has 0 spiro atoms. The molecule has 0 N–H and O–H groups in total. The Balaban J connectivity index is 0.000000595. The summed E-state index contributed by atoms with van der Waals surface area (Å²) in [5.74, 6) is -3.05. The molecule has 0 aliphatic rings. The second kappa shape index (κ2) is 8.55. The fraction of sp³-hybridized carbons (Fsp3) is 0. The summed E-state index contributed by atoms with van der Waals surface area (Å²) in [7, 11) is 9.78. The number of hydrogen-bond donors (Lipinski definition) is 0. The number of benzene rings is 2. The van der Waals surface area contributed by atoms with E-state index in [4.69, 9.17) is 18.6 Å². The van der Waals surface area contributed by atoms with E-state index in [0.29, 0.717) is 23.2 Å². The van der Waals surface area contributed by atoms with Gasteiger partial charge in [0.2, 0.25) is 0 Å². The third-order valence-electron chi connectivity index (χ3n) is 2.87. The van der Waals surface area contributed by atoms with Crippen molar-refractivity contribution < 1.29 is 30.2 Å². The quantitative estimate of drug-likeness (QED) is 0.427. The van der Waals surface area contributed by atoms with Gasteiger partial charge in [-0.1, -0.05) is 24.3 Å². The molecule has 0 aliphatic carbocycles. The van der Waals surface area contributed by atoms with E-state index in [9.17, 15) is 13.2 Å². The molecule has 0 amide bonds. The number of halogens is 5. The molecule has 1 heterocycles. The van der Waals surface area contributed by atoms with Gasteiger partial charge in [0.25, 0.3) is 0 Å². The van der Waals surface area contributed by atoms with Gasteiger partial charge in [0.05, 0.1) is 0 Å². The second-order valence-corrected chi connectivity index (χ2v) is 6.86. The summed E-state index contributed by atoms with van der Waals surface area (Å²) in [6.07, 6.45) is 2.95. The third-order valence-corrected chi connectivity index (χ3v) is 2.87. The Morgan fingerprint density at radius 2 is 1.70 bits per heavy atom. The Morgan fingerprint density at radius 3 is 2.35 bits per heavy atom. The minimum absolute atomic E-state index is 0.519. The molecule has 2 aromatic carbocycles. The van der Waals surface area contributed by atoms with Gasteiger partial charge in [-0.25, -0.2) is 13.2 Å². The zero-order valence-corrected chi connectivity index (χ0v) is 14.5. The van der Waals surface area contributed by atoms with Crippen molar-refractivity contribution in [1.82, 2.24) is 4.98 Å². The number of rotatable bonds is 2. The first-order chi connectivity index (χ1) is 11.1. The molecule has 0 atom stereocenters. The number of fused-ring (bicyclic) bond motifs is 1.